The van der Waals surface area contributed by atoms with Crippen molar-refractivity contribution in [3.63, 3.8) is 0 Å². The monoisotopic (exact) mass is 699 g/mol. The molecule has 11 aromatic rings. The number of fused-ring (bicyclic) bond motifs is 8. The van der Waals surface area contributed by atoms with Crippen molar-refractivity contribution in [3.8, 4) is 50.6 Å². The summed E-state index contributed by atoms with van der Waals surface area (Å²) < 4.78 is 2.40. The Hall–Kier alpha value is -7.36. The zero-order valence-electron chi connectivity index (χ0n) is 29.9. The van der Waals surface area contributed by atoms with Gasteiger partial charge in [-0.3, -0.25) is 0 Å². The number of para-hydroxylation sites is 1. The fourth-order valence-electron chi connectivity index (χ4n) is 8.34. The van der Waals surface area contributed by atoms with Gasteiger partial charge < -0.3 is 4.57 Å². The number of nitrogens with zero attached hydrogens (tertiary/aromatic N) is 3. The maximum absolute atomic E-state index is 5.24. The first-order valence-corrected chi connectivity index (χ1v) is 18.7. The van der Waals surface area contributed by atoms with Crippen LogP contribution >= 0.6 is 0 Å². The van der Waals surface area contributed by atoms with Gasteiger partial charge in [-0.1, -0.05) is 152 Å². The van der Waals surface area contributed by atoms with Crippen LogP contribution in [-0.4, -0.2) is 14.5 Å². The van der Waals surface area contributed by atoms with Crippen molar-refractivity contribution in [2.24, 2.45) is 0 Å². The molecule has 0 aliphatic rings. The lowest BCUT2D eigenvalue weighted by atomic mass is 9.97. The molecule has 0 unspecified atom stereocenters. The van der Waals surface area contributed by atoms with Crippen LogP contribution in [0.15, 0.2) is 200 Å². The Balaban J connectivity index is 1.00. The Labute approximate surface area is 318 Å². The molecule has 256 valence electrons. The number of rotatable bonds is 5. The van der Waals surface area contributed by atoms with Gasteiger partial charge in [0.25, 0.3) is 0 Å². The van der Waals surface area contributed by atoms with Crippen LogP contribution < -0.4 is 0 Å². The Morgan fingerprint density at radius 2 is 0.836 bits per heavy atom. The molecule has 0 spiro atoms. The standard InChI is InChI=1S/C52H33N3/c1-2-11-34(12-3-1)40-15-10-16-41(33-40)35-21-23-38(24-22-35)51-45-19-8-9-20-46(45)53-52(54-51)39-25-29-42(30-26-39)55-47-31-27-36-13-4-6-17-43(36)49(47)50-44-18-7-5-14-37(44)28-32-48(50)55/h1-33H. The van der Waals surface area contributed by atoms with Crippen molar-refractivity contribution in [3.05, 3.63) is 200 Å². The number of aromatic nitrogens is 3. The van der Waals surface area contributed by atoms with Crippen LogP contribution in [0.5, 0.6) is 0 Å². The van der Waals surface area contributed by atoms with Crippen LogP contribution in [0.4, 0.5) is 0 Å². The molecule has 55 heavy (non-hydrogen) atoms. The van der Waals surface area contributed by atoms with Crippen molar-refractivity contribution in [1.82, 2.24) is 14.5 Å². The van der Waals surface area contributed by atoms with Crippen LogP contribution in [0.1, 0.15) is 0 Å². The van der Waals surface area contributed by atoms with Gasteiger partial charge in [-0.15, -0.1) is 0 Å². The Morgan fingerprint density at radius 3 is 1.49 bits per heavy atom. The highest BCUT2D eigenvalue weighted by molar-refractivity contribution is 6.28. The zero-order chi connectivity index (χ0) is 36.3. The van der Waals surface area contributed by atoms with Crippen LogP contribution in [-0.2, 0) is 0 Å². The van der Waals surface area contributed by atoms with E-state index in [-0.39, 0.29) is 0 Å². The van der Waals surface area contributed by atoms with Gasteiger partial charge >= 0.3 is 0 Å². The average Bonchev–Trinajstić information content (AvgIpc) is 3.62. The van der Waals surface area contributed by atoms with Gasteiger partial charge in [-0.2, -0.15) is 0 Å². The molecule has 0 radical (unpaired) electrons. The molecule has 0 aliphatic carbocycles. The van der Waals surface area contributed by atoms with Gasteiger partial charge in [0.2, 0.25) is 0 Å². The molecule has 2 heterocycles. The summed E-state index contributed by atoms with van der Waals surface area (Å²) in [6.45, 7) is 0. The fourth-order valence-corrected chi connectivity index (χ4v) is 8.34. The van der Waals surface area contributed by atoms with Crippen molar-refractivity contribution in [2.75, 3.05) is 0 Å². The minimum Gasteiger partial charge on any atom is -0.309 e. The van der Waals surface area contributed by atoms with Crippen molar-refractivity contribution >= 4 is 54.3 Å². The summed E-state index contributed by atoms with van der Waals surface area (Å²) in [4.78, 5) is 10.3. The zero-order valence-corrected chi connectivity index (χ0v) is 29.9. The van der Waals surface area contributed by atoms with Crippen molar-refractivity contribution in [2.45, 2.75) is 0 Å². The minimum absolute atomic E-state index is 0.707. The summed E-state index contributed by atoms with van der Waals surface area (Å²) in [6, 6.07) is 71.5. The van der Waals surface area contributed by atoms with Gasteiger partial charge in [-0.05, 0) is 92.3 Å². The largest absolute Gasteiger partial charge is 0.309 e. The summed E-state index contributed by atoms with van der Waals surface area (Å²) in [6.07, 6.45) is 0. The molecule has 0 saturated carbocycles. The predicted molar refractivity (Wildman–Crippen MR) is 231 cm³/mol. The van der Waals surface area contributed by atoms with Crippen LogP contribution in [0.25, 0.3) is 105 Å². The molecular weight excluding hydrogens is 667 g/mol. The van der Waals surface area contributed by atoms with Gasteiger partial charge in [0.05, 0.1) is 22.2 Å². The van der Waals surface area contributed by atoms with Gasteiger partial charge in [0, 0.05) is 33.0 Å². The second kappa shape index (κ2) is 12.6. The molecule has 0 fully saturated rings. The molecule has 3 heteroatoms. The minimum atomic E-state index is 0.707. The third-order valence-electron chi connectivity index (χ3n) is 11.0. The van der Waals surface area contributed by atoms with Crippen molar-refractivity contribution in [1.29, 1.82) is 0 Å². The van der Waals surface area contributed by atoms with Crippen LogP contribution in [0.3, 0.4) is 0 Å². The van der Waals surface area contributed by atoms with Crippen LogP contribution in [0, 0.1) is 0 Å². The van der Waals surface area contributed by atoms with E-state index in [1.165, 1.54) is 65.6 Å². The van der Waals surface area contributed by atoms with E-state index in [9.17, 15) is 0 Å². The first-order chi connectivity index (χ1) is 27.3. The smallest absolute Gasteiger partial charge is 0.160 e. The molecule has 11 rings (SSSR count). The molecule has 0 aliphatic heterocycles. The van der Waals surface area contributed by atoms with E-state index >= 15 is 0 Å². The first kappa shape index (κ1) is 31.2. The Bertz CT molecular complexity index is 3140. The Kier molecular flexibility index (Phi) is 7.17. The first-order valence-electron chi connectivity index (χ1n) is 18.7. The summed E-state index contributed by atoms with van der Waals surface area (Å²) in [5.74, 6) is 0.707. The number of hydrogen-bond donors (Lipinski definition) is 0. The summed E-state index contributed by atoms with van der Waals surface area (Å²) in [7, 11) is 0. The van der Waals surface area contributed by atoms with Crippen molar-refractivity contribution < 1.29 is 0 Å². The van der Waals surface area contributed by atoms with Gasteiger partial charge in [0.15, 0.2) is 5.82 Å². The molecule has 2 aromatic heterocycles. The molecule has 0 atom stereocenters. The third-order valence-corrected chi connectivity index (χ3v) is 11.0. The van der Waals surface area contributed by atoms with Gasteiger partial charge in [-0.25, -0.2) is 9.97 Å². The summed E-state index contributed by atoms with van der Waals surface area (Å²) >= 11 is 0. The maximum Gasteiger partial charge on any atom is 0.160 e. The molecule has 9 aromatic carbocycles. The van der Waals surface area contributed by atoms with E-state index in [0.29, 0.717) is 5.82 Å². The van der Waals surface area contributed by atoms with Gasteiger partial charge in [0.1, 0.15) is 0 Å². The normalized spacial score (nSPS) is 11.6. The summed E-state index contributed by atoms with van der Waals surface area (Å²) in [5.41, 5.74) is 12.1. The lowest BCUT2D eigenvalue weighted by molar-refractivity contribution is 1.17. The molecule has 0 N–H and O–H groups in total. The molecule has 3 nitrogen and oxygen atoms in total. The van der Waals surface area contributed by atoms with E-state index in [1.807, 2.05) is 6.07 Å². The highest BCUT2D eigenvalue weighted by atomic mass is 15.0. The second-order valence-corrected chi connectivity index (χ2v) is 14.2. The average molecular weight is 700 g/mol. The number of hydrogen-bond acceptors (Lipinski definition) is 2. The van der Waals surface area contributed by atoms with E-state index in [1.54, 1.807) is 0 Å². The van der Waals surface area contributed by atoms with E-state index in [2.05, 4.69) is 199 Å². The van der Waals surface area contributed by atoms with Crippen LogP contribution in [0.2, 0.25) is 0 Å². The van der Waals surface area contributed by atoms with E-state index < -0.39 is 0 Å². The highest BCUT2D eigenvalue weighted by Crippen LogP contribution is 2.41. The highest BCUT2D eigenvalue weighted by Gasteiger charge is 2.18. The lowest BCUT2D eigenvalue weighted by Crippen LogP contribution is -1.97. The lowest BCUT2D eigenvalue weighted by Gasteiger charge is -2.12. The second-order valence-electron chi connectivity index (χ2n) is 14.2. The topological polar surface area (TPSA) is 30.7 Å². The maximum atomic E-state index is 5.24. The number of benzene rings is 9. The summed E-state index contributed by atoms with van der Waals surface area (Å²) in [5, 5.41) is 8.62. The molecule has 0 amide bonds. The molecule has 0 bridgehead atoms. The van der Waals surface area contributed by atoms with E-state index in [0.717, 1.165) is 33.4 Å². The predicted octanol–water partition coefficient (Wildman–Crippen LogP) is 13.7. The third kappa shape index (κ3) is 5.20. The molecule has 0 saturated heterocycles. The Morgan fingerprint density at radius 1 is 0.327 bits per heavy atom. The quantitative estimate of drug-likeness (QED) is 0.179. The fraction of sp³-hybridized carbons (Fsp3) is 0. The van der Waals surface area contributed by atoms with E-state index in [4.69, 9.17) is 9.97 Å². The SMILES string of the molecule is c1ccc(-c2cccc(-c3ccc(-c4nc(-c5ccc(-n6c7ccc8ccccc8c7c7c8ccccc8ccc76)cc5)nc5ccccc45)cc3)c2)cc1. The molecular formula is C52H33N3.